The van der Waals surface area contributed by atoms with Crippen LogP contribution >= 0.6 is 11.3 Å². The van der Waals surface area contributed by atoms with Crippen LogP contribution in [0.15, 0.2) is 60.0 Å². The molecule has 33 heavy (non-hydrogen) atoms. The summed E-state index contributed by atoms with van der Waals surface area (Å²) in [6, 6.07) is 16.4. The number of amides is 3. The van der Waals surface area contributed by atoms with E-state index in [0.29, 0.717) is 35.0 Å². The Morgan fingerprint density at radius 2 is 1.97 bits per heavy atom. The molecule has 1 aromatic heterocycles. The standard InChI is InChI=1S/C25H26N4O3S/c1-17(19-10-6-11-20(14-19)26-24(32)18-8-4-3-5-9-18)28(2)23(31)15-21-16-33-25(27-21)29-13-7-12-22(29)30/h3-6,8-11,14,16-17H,7,12-13,15H2,1-2H3,(H,26,32). The molecular weight excluding hydrogens is 436 g/mol. The molecule has 2 heterocycles. The SMILES string of the molecule is CC(c1cccc(NC(=O)c2ccccc2)c1)N(C)C(=O)Cc1csc(N2CCCC2=O)n1. The van der Waals surface area contributed by atoms with Crippen LogP contribution in [0.5, 0.6) is 0 Å². The van der Waals surface area contributed by atoms with Crippen LogP contribution in [0.4, 0.5) is 10.8 Å². The highest BCUT2D eigenvalue weighted by atomic mass is 32.1. The van der Waals surface area contributed by atoms with Gasteiger partial charge in [0.05, 0.1) is 18.2 Å². The van der Waals surface area contributed by atoms with E-state index in [2.05, 4.69) is 10.3 Å². The maximum Gasteiger partial charge on any atom is 0.255 e. The molecule has 0 bridgehead atoms. The number of thiazole rings is 1. The first kappa shape index (κ1) is 22.7. The molecule has 1 aliphatic rings. The van der Waals surface area contributed by atoms with Gasteiger partial charge in [0.25, 0.3) is 5.91 Å². The highest BCUT2D eigenvalue weighted by Crippen LogP contribution is 2.27. The Morgan fingerprint density at radius 3 is 2.70 bits per heavy atom. The summed E-state index contributed by atoms with van der Waals surface area (Å²) < 4.78 is 0. The van der Waals surface area contributed by atoms with Gasteiger partial charge in [-0.15, -0.1) is 11.3 Å². The van der Waals surface area contributed by atoms with Crippen molar-refractivity contribution in [1.29, 1.82) is 0 Å². The van der Waals surface area contributed by atoms with Crippen molar-refractivity contribution in [3.63, 3.8) is 0 Å². The number of carbonyl (C=O) groups is 3. The molecule has 0 radical (unpaired) electrons. The molecule has 1 aliphatic heterocycles. The minimum Gasteiger partial charge on any atom is -0.339 e. The molecule has 4 rings (SSSR count). The van der Waals surface area contributed by atoms with E-state index in [4.69, 9.17) is 0 Å². The Labute approximate surface area is 197 Å². The van der Waals surface area contributed by atoms with Crippen LogP contribution in [0.2, 0.25) is 0 Å². The molecule has 7 nitrogen and oxygen atoms in total. The normalized spacial score (nSPS) is 14.2. The van der Waals surface area contributed by atoms with Gasteiger partial charge in [0.15, 0.2) is 5.13 Å². The van der Waals surface area contributed by atoms with Gasteiger partial charge in [-0.3, -0.25) is 19.3 Å². The van der Waals surface area contributed by atoms with Gasteiger partial charge in [-0.05, 0) is 43.2 Å². The molecule has 170 valence electrons. The molecule has 1 atom stereocenters. The van der Waals surface area contributed by atoms with Crippen LogP contribution in [0.1, 0.15) is 47.4 Å². The monoisotopic (exact) mass is 462 g/mol. The van der Waals surface area contributed by atoms with Crippen molar-refractivity contribution < 1.29 is 14.4 Å². The third-order valence-corrected chi connectivity index (χ3v) is 6.73. The Bertz CT molecular complexity index is 1160. The van der Waals surface area contributed by atoms with E-state index in [9.17, 15) is 14.4 Å². The number of nitrogens with zero attached hydrogens (tertiary/aromatic N) is 3. The number of nitrogens with one attached hydrogen (secondary N) is 1. The summed E-state index contributed by atoms with van der Waals surface area (Å²) in [5.74, 6) is -0.154. The second-order valence-corrected chi connectivity index (χ2v) is 8.91. The zero-order valence-electron chi connectivity index (χ0n) is 18.7. The molecule has 0 spiro atoms. The summed E-state index contributed by atoms with van der Waals surface area (Å²) in [5.41, 5.74) is 2.84. The van der Waals surface area contributed by atoms with Gasteiger partial charge in [0.2, 0.25) is 11.8 Å². The van der Waals surface area contributed by atoms with Gasteiger partial charge in [-0.25, -0.2) is 4.98 Å². The predicted octanol–water partition coefficient (Wildman–Crippen LogP) is 4.28. The number of aromatic nitrogens is 1. The molecule has 0 aliphatic carbocycles. The van der Waals surface area contributed by atoms with Crippen molar-refractivity contribution in [3.8, 4) is 0 Å². The second-order valence-electron chi connectivity index (χ2n) is 8.07. The largest absolute Gasteiger partial charge is 0.339 e. The summed E-state index contributed by atoms with van der Waals surface area (Å²) in [5, 5.41) is 5.42. The maximum atomic E-state index is 12.9. The van der Waals surface area contributed by atoms with E-state index in [0.717, 1.165) is 12.0 Å². The fraction of sp³-hybridized carbons (Fsp3) is 0.280. The van der Waals surface area contributed by atoms with E-state index in [1.54, 1.807) is 29.0 Å². The van der Waals surface area contributed by atoms with Crippen molar-refractivity contribution in [2.45, 2.75) is 32.2 Å². The van der Waals surface area contributed by atoms with Crippen molar-refractivity contribution >= 4 is 39.9 Å². The Morgan fingerprint density at radius 1 is 1.18 bits per heavy atom. The average Bonchev–Trinajstić information content (AvgIpc) is 3.47. The summed E-state index contributed by atoms with van der Waals surface area (Å²) in [4.78, 5) is 45.2. The van der Waals surface area contributed by atoms with Gasteiger partial charge in [-0.2, -0.15) is 0 Å². The van der Waals surface area contributed by atoms with Crippen LogP contribution in [-0.2, 0) is 16.0 Å². The first-order chi connectivity index (χ1) is 15.9. The Hall–Kier alpha value is -3.52. The van der Waals surface area contributed by atoms with E-state index < -0.39 is 0 Å². The first-order valence-corrected chi connectivity index (χ1v) is 11.8. The minimum absolute atomic E-state index is 0.0641. The number of benzene rings is 2. The lowest BCUT2D eigenvalue weighted by atomic mass is 10.1. The van der Waals surface area contributed by atoms with Gasteiger partial charge >= 0.3 is 0 Å². The second kappa shape index (κ2) is 9.95. The van der Waals surface area contributed by atoms with E-state index in [-0.39, 0.29) is 30.2 Å². The van der Waals surface area contributed by atoms with Crippen LogP contribution in [0, 0.1) is 0 Å². The highest BCUT2D eigenvalue weighted by molar-refractivity contribution is 7.14. The maximum absolute atomic E-state index is 12.9. The van der Waals surface area contributed by atoms with E-state index in [1.165, 1.54) is 11.3 Å². The Balaban J connectivity index is 1.39. The number of anilines is 2. The lowest BCUT2D eigenvalue weighted by molar-refractivity contribution is -0.131. The van der Waals surface area contributed by atoms with Gasteiger partial charge in [-0.1, -0.05) is 30.3 Å². The van der Waals surface area contributed by atoms with Gasteiger partial charge in [0.1, 0.15) is 0 Å². The molecule has 1 unspecified atom stereocenters. The van der Waals surface area contributed by atoms with E-state index in [1.807, 2.05) is 54.8 Å². The molecule has 0 saturated carbocycles. The van der Waals surface area contributed by atoms with E-state index >= 15 is 0 Å². The fourth-order valence-corrected chi connectivity index (χ4v) is 4.61. The highest BCUT2D eigenvalue weighted by Gasteiger charge is 2.25. The zero-order chi connectivity index (χ0) is 23.4. The molecule has 8 heteroatoms. The quantitative estimate of drug-likeness (QED) is 0.568. The third kappa shape index (κ3) is 5.28. The van der Waals surface area contributed by atoms with Crippen molar-refractivity contribution in [2.75, 3.05) is 23.8 Å². The zero-order valence-corrected chi connectivity index (χ0v) is 19.5. The average molecular weight is 463 g/mol. The number of hydrogen-bond donors (Lipinski definition) is 1. The summed E-state index contributed by atoms with van der Waals surface area (Å²) in [7, 11) is 1.76. The Kier molecular flexibility index (Phi) is 6.84. The summed E-state index contributed by atoms with van der Waals surface area (Å²) in [6.07, 6.45) is 1.57. The van der Waals surface area contributed by atoms with Crippen LogP contribution in [-0.4, -0.2) is 41.2 Å². The lowest BCUT2D eigenvalue weighted by Crippen LogP contribution is -2.31. The molecule has 1 N–H and O–H groups in total. The molecule has 1 fully saturated rings. The smallest absolute Gasteiger partial charge is 0.255 e. The number of hydrogen-bond acceptors (Lipinski definition) is 5. The number of likely N-dealkylation sites (N-methyl/N-ethyl adjacent to an activating group) is 1. The third-order valence-electron chi connectivity index (χ3n) is 5.81. The fourth-order valence-electron chi connectivity index (χ4n) is 3.74. The molecule has 2 aromatic carbocycles. The lowest BCUT2D eigenvalue weighted by Gasteiger charge is -2.25. The van der Waals surface area contributed by atoms with Crippen LogP contribution in [0.3, 0.4) is 0 Å². The minimum atomic E-state index is -0.190. The van der Waals surface area contributed by atoms with Crippen LogP contribution in [0.25, 0.3) is 0 Å². The molecular formula is C25H26N4O3S. The van der Waals surface area contributed by atoms with Gasteiger partial charge < -0.3 is 10.2 Å². The molecule has 3 amide bonds. The number of rotatable bonds is 7. The topological polar surface area (TPSA) is 82.6 Å². The van der Waals surface area contributed by atoms with Crippen molar-refractivity contribution in [3.05, 3.63) is 76.8 Å². The summed E-state index contributed by atoms with van der Waals surface area (Å²) in [6.45, 7) is 2.64. The van der Waals surface area contributed by atoms with Gasteiger partial charge in [0, 0.05) is 36.6 Å². The summed E-state index contributed by atoms with van der Waals surface area (Å²) >= 11 is 1.40. The first-order valence-electron chi connectivity index (χ1n) is 10.9. The van der Waals surface area contributed by atoms with Crippen molar-refractivity contribution in [2.24, 2.45) is 0 Å². The number of carbonyl (C=O) groups excluding carboxylic acids is 3. The molecule has 3 aromatic rings. The molecule has 1 saturated heterocycles. The van der Waals surface area contributed by atoms with Crippen LogP contribution < -0.4 is 10.2 Å². The van der Waals surface area contributed by atoms with Crippen molar-refractivity contribution in [1.82, 2.24) is 9.88 Å². The predicted molar refractivity (Wildman–Crippen MR) is 129 cm³/mol.